The molecule has 0 spiro atoms. The minimum Gasteiger partial charge on any atom is -0.364 e. The predicted molar refractivity (Wildman–Crippen MR) is 140 cm³/mol. The van der Waals surface area contributed by atoms with Gasteiger partial charge in [-0.25, -0.2) is 9.79 Å². The Morgan fingerprint density at radius 1 is 1.09 bits per heavy atom. The van der Waals surface area contributed by atoms with Crippen LogP contribution in [0.4, 0.5) is 10.5 Å². The Labute approximate surface area is 212 Å². The molecule has 0 unspecified atom stereocenters. The highest BCUT2D eigenvalue weighted by Crippen LogP contribution is 2.15. The second kappa shape index (κ2) is 12.8. The zero-order chi connectivity index (χ0) is 22.2. The summed E-state index contributed by atoms with van der Waals surface area (Å²) in [6.07, 6.45) is 3.79. The van der Waals surface area contributed by atoms with Gasteiger partial charge in [-0.2, -0.15) is 0 Å². The van der Waals surface area contributed by atoms with Crippen LogP contribution < -0.4 is 10.6 Å². The summed E-state index contributed by atoms with van der Waals surface area (Å²) < 4.78 is 4.93. The van der Waals surface area contributed by atoms with Crippen molar-refractivity contribution in [3.8, 4) is 0 Å². The average Bonchev–Trinajstić information content (AvgIpc) is 3.52. The zero-order valence-electron chi connectivity index (χ0n) is 19.2. The molecular formula is C23H34IN7O2. The van der Waals surface area contributed by atoms with E-state index in [2.05, 4.69) is 38.6 Å². The van der Waals surface area contributed by atoms with Crippen LogP contribution in [0.25, 0.3) is 0 Å². The summed E-state index contributed by atoms with van der Waals surface area (Å²) in [5.74, 6) is 0.931. The van der Waals surface area contributed by atoms with Crippen LogP contribution in [0.5, 0.6) is 0 Å². The lowest BCUT2D eigenvalue weighted by molar-refractivity contribution is 0.169. The Hall–Kier alpha value is -2.34. The van der Waals surface area contributed by atoms with Crippen molar-refractivity contribution in [2.75, 3.05) is 51.1 Å². The Balaban J connectivity index is 0.00000306. The van der Waals surface area contributed by atoms with Crippen LogP contribution in [0.2, 0.25) is 0 Å². The summed E-state index contributed by atoms with van der Waals surface area (Å²) in [6.45, 7) is 9.70. The molecule has 2 fully saturated rings. The molecule has 0 saturated carbocycles. The van der Waals surface area contributed by atoms with Crippen molar-refractivity contribution in [2.45, 2.75) is 32.9 Å². The van der Waals surface area contributed by atoms with Crippen LogP contribution >= 0.6 is 24.0 Å². The molecule has 0 atom stereocenters. The monoisotopic (exact) mass is 567 g/mol. The fourth-order valence-corrected chi connectivity index (χ4v) is 4.13. The second-order valence-electron chi connectivity index (χ2n) is 8.25. The van der Waals surface area contributed by atoms with E-state index in [-0.39, 0.29) is 30.0 Å². The lowest BCUT2D eigenvalue weighted by Gasteiger charge is -2.36. The molecule has 3 heterocycles. The van der Waals surface area contributed by atoms with E-state index in [0.717, 1.165) is 88.1 Å². The second-order valence-corrected chi connectivity index (χ2v) is 8.25. The highest BCUT2D eigenvalue weighted by atomic mass is 127. The lowest BCUT2D eigenvalue weighted by atomic mass is 10.2. The molecule has 2 aromatic rings. The third-order valence-corrected chi connectivity index (χ3v) is 5.87. The van der Waals surface area contributed by atoms with E-state index in [9.17, 15) is 4.79 Å². The highest BCUT2D eigenvalue weighted by Gasteiger charge is 2.20. The zero-order valence-corrected chi connectivity index (χ0v) is 21.5. The molecule has 1 aromatic carbocycles. The summed E-state index contributed by atoms with van der Waals surface area (Å²) in [5.41, 5.74) is 2.86. The lowest BCUT2D eigenvalue weighted by Crippen LogP contribution is -2.52. The van der Waals surface area contributed by atoms with Crippen LogP contribution in [0, 0.1) is 0 Å². The van der Waals surface area contributed by atoms with E-state index >= 15 is 0 Å². The maximum Gasteiger partial charge on any atom is 0.321 e. The molecule has 9 nitrogen and oxygen atoms in total. The SMILES string of the molecule is CCNC(=NCc1cccc(NC(=O)N2CCCC2)c1)N1CCN(Cc2ccon2)CC1.I. The summed E-state index contributed by atoms with van der Waals surface area (Å²) in [4.78, 5) is 23.8. The first-order valence-electron chi connectivity index (χ1n) is 11.5. The van der Waals surface area contributed by atoms with Gasteiger partial charge in [0.2, 0.25) is 0 Å². The topological polar surface area (TPSA) is 89.2 Å². The number of aliphatic imine (C=N–C) groups is 1. The molecule has 0 bridgehead atoms. The molecule has 0 radical (unpaired) electrons. The standard InChI is InChI=1S/C23H33N7O2.HI/c1-2-24-22(29-13-11-28(12-14-29)18-21-8-15-32-27-21)25-17-19-6-5-7-20(16-19)26-23(31)30-9-3-4-10-30;/h5-8,15-16H,2-4,9-14,17-18H2,1H3,(H,24,25)(H,26,31);1H. The number of nitrogens with one attached hydrogen (secondary N) is 2. The number of amides is 2. The number of urea groups is 1. The molecule has 0 aliphatic carbocycles. The number of guanidine groups is 1. The molecule has 180 valence electrons. The average molecular weight is 567 g/mol. The quantitative estimate of drug-likeness (QED) is 0.317. The molecular weight excluding hydrogens is 533 g/mol. The van der Waals surface area contributed by atoms with Gasteiger partial charge in [0.15, 0.2) is 5.96 Å². The largest absolute Gasteiger partial charge is 0.364 e. The van der Waals surface area contributed by atoms with E-state index in [1.807, 2.05) is 29.2 Å². The van der Waals surface area contributed by atoms with Crippen LogP contribution in [0.1, 0.15) is 31.0 Å². The van der Waals surface area contributed by atoms with Gasteiger partial charge in [-0.05, 0) is 37.5 Å². The highest BCUT2D eigenvalue weighted by molar-refractivity contribution is 14.0. The van der Waals surface area contributed by atoms with Gasteiger partial charge in [-0.15, -0.1) is 24.0 Å². The van der Waals surface area contributed by atoms with E-state index in [1.54, 1.807) is 6.26 Å². The fourth-order valence-electron chi connectivity index (χ4n) is 4.13. The van der Waals surface area contributed by atoms with Crippen LogP contribution in [0.15, 0.2) is 46.1 Å². The third kappa shape index (κ3) is 7.32. The first-order valence-corrected chi connectivity index (χ1v) is 11.5. The van der Waals surface area contributed by atoms with Crippen molar-refractivity contribution < 1.29 is 9.32 Å². The fraction of sp³-hybridized carbons (Fsp3) is 0.522. The minimum atomic E-state index is -0.0139. The molecule has 2 saturated heterocycles. The summed E-state index contributed by atoms with van der Waals surface area (Å²) in [7, 11) is 0. The summed E-state index contributed by atoms with van der Waals surface area (Å²) >= 11 is 0. The number of carbonyl (C=O) groups excluding carboxylic acids is 1. The van der Waals surface area contributed by atoms with Gasteiger partial charge in [0.25, 0.3) is 0 Å². The number of rotatable bonds is 6. The van der Waals surface area contributed by atoms with Gasteiger partial charge < -0.3 is 25.0 Å². The smallest absolute Gasteiger partial charge is 0.321 e. The van der Waals surface area contributed by atoms with E-state index < -0.39 is 0 Å². The van der Waals surface area contributed by atoms with Gasteiger partial charge in [0.1, 0.15) is 6.26 Å². The van der Waals surface area contributed by atoms with Crippen LogP contribution in [-0.4, -0.2) is 77.7 Å². The summed E-state index contributed by atoms with van der Waals surface area (Å²) in [6, 6.07) is 9.87. The van der Waals surface area contributed by atoms with E-state index in [0.29, 0.717) is 6.54 Å². The maximum absolute atomic E-state index is 12.4. The van der Waals surface area contributed by atoms with Gasteiger partial charge >= 0.3 is 6.03 Å². The predicted octanol–water partition coefficient (Wildman–Crippen LogP) is 3.20. The van der Waals surface area contributed by atoms with E-state index in [4.69, 9.17) is 9.52 Å². The maximum atomic E-state index is 12.4. The number of anilines is 1. The number of halogens is 1. The first-order chi connectivity index (χ1) is 15.7. The van der Waals surface area contributed by atoms with Gasteiger partial charge in [0.05, 0.1) is 12.2 Å². The molecule has 2 amide bonds. The number of nitrogens with zero attached hydrogens (tertiary/aromatic N) is 5. The number of hydrogen-bond acceptors (Lipinski definition) is 5. The molecule has 10 heteroatoms. The van der Waals surface area contributed by atoms with Gasteiger partial charge in [-0.1, -0.05) is 17.3 Å². The van der Waals surface area contributed by atoms with Crippen molar-refractivity contribution in [1.29, 1.82) is 0 Å². The van der Waals surface area contributed by atoms with Gasteiger partial charge in [-0.3, -0.25) is 4.90 Å². The van der Waals surface area contributed by atoms with Crippen LogP contribution in [-0.2, 0) is 13.1 Å². The Morgan fingerprint density at radius 3 is 2.58 bits per heavy atom. The molecule has 33 heavy (non-hydrogen) atoms. The normalized spacial score (nSPS) is 17.1. The van der Waals surface area contributed by atoms with Crippen molar-refractivity contribution in [3.05, 3.63) is 47.9 Å². The van der Waals surface area contributed by atoms with Crippen molar-refractivity contribution in [3.63, 3.8) is 0 Å². The minimum absolute atomic E-state index is 0. The van der Waals surface area contributed by atoms with Crippen LogP contribution in [0.3, 0.4) is 0 Å². The molecule has 1 aromatic heterocycles. The molecule has 2 N–H and O–H groups in total. The number of benzene rings is 1. The molecule has 2 aliphatic rings. The Bertz CT molecular complexity index is 892. The van der Waals surface area contributed by atoms with Crippen molar-refractivity contribution in [1.82, 2.24) is 25.2 Å². The molecule has 4 rings (SSSR count). The number of hydrogen-bond donors (Lipinski definition) is 2. The van der Waals surface area contributed by atoms with Crippen molar-refractivity contribution >= 4 is 41.7 Å². The number of likely N-dealkylation sites (tertiary alicyclic amines) is 1. The van der Waals surface area contributed by atoms with Gasteiger partial charge in [0, 0.05) is 64.1 Å². The Morgan fingerprint density at radius 2 is 1.88 bits per heavy atom. The summed E-state index contributed by atoms with van der Waals surface area (Å²) in [5, 5.41) is 10.4. The van der Waals surface area contributed by atoms with Crippen molar-refractivity contribution in [2.24, 2.45) is 4.99 Å². The number of aromatic nitrogens is 1. The third-order valence-electron chi connectivity index (χ3n) is 5.87. The molecule has 2 aliphatic heterocycles. The first kappa shape index (κ1) is 25.3. The Kier molecular flexibility index (Phi) is 9.79. The van der Waals surface area contributed by atoms with E-state index in [1.165, 1.54) is 0 Å². The number of piperazine rings is 1. The number of carbonyl (C=O) groups is 1.